The Morgan fingerprint density at radius 3 is 3.00 bits per heavy atom. The van der Waals surface area contributed by atoms with E-state index in [1.54, 1.807) is 11.8 Å². The van der Waals surface area contributed by atoms with Crippen LogP contribution in [0.2, 0.25) is 0 Å². The SMILES string of the molecule is CSCC(C)C(=O)NCCCc1cn[nH]c1C. The molecule has 0 fully saturated rings. The molecule has 5 heteroatoms. The van der Waals surface area contributed by atoms with Crippen LogP contribution >= 0.6 is 11.8 Å². The van der Waals surface area contributed by atoms with Gasteiger partial charge in [-0.2, -0.15) is 16.9 Å². The fraction of sp³-hybridized carbons (Fsp3) is 0.667. The van der Waals surface area contributed by atoms with E-state index in [0.29, 0.717) is 0 Å². The number of hydrogen-bond donors (Lipinski definition) is 2. The van der Waals surface area contributed by atoms with Crippen LogP contribution in [0.1, 0.15) is 24.6 Å². The summed E-state index contributed by atoms with van der Waals surface area (Å²) in [7, 11) is 0. The molecule has 0 bridgehead atoms. The van der Waals surface area contributed by atoms with E-state index in [1.807, 2.05) is 26.3 Å². The first-order valence-corrected chi connectivity index (χ1v) is 7.30. The van der Waals surface area contributed by atoms with E-state index in [0.717, 1.165) is 30.8 Å². The quantitative estimate of drug-likeness (QED) is 0.730. The van der Waals surface area contributed by atoms with Crippen molar-refractivity contribution in [2.75, 3.05) is 18.6 Å². The van der Waals surface area contributed by atoms with Crippen molar-refractivity contribution in [2.45, 2.75) is 26.7 Å². The first kappa shape index (κ1) is 14.1. The third kappa shape index (κ3) is 4.81. The van der Waals surface area contributed by atoms with Crippen molar-refractivity contribution in [2.24, 2.45) is 5.92 Å². The van der Waals surface area contributed by atoms with Crippen LogP contribution in [-0.4, -0.2) is 34.7 Å². The van der Waals surface area contributed by atoms with Gasteiger partial charge >= 0.3 is 0 Å². The van der Waals surface area contributed by atoms with E-state index in [1.165, 1.54) is 5.56 Å². The average Bonchev–Trinajstić information content (AvgIpc) is 2.70. The van der Waals surface area contributed by atoms with Crippen LogP contribution < -0.4 is 5.32 Å². The van der Waals surface area contributed by atoms with E-state index >= 15 is 0 Å². The maximum absolute atomic E-state index is 11.6. The van der Waals surface area contributed by atoms with E-state index in [4.69, 9.17) is 0 Å². The number of aromatic nitrogens is 2. The predicted molar refractivity (Wildman–Crippen MR) is 72.2 cm³/mol. The van der Waals surface area contributed by atoms with Crippen LogP contribution in [0.5, 0.6) is 0 Å². The highest BCUT2D eigenvalue weighted by Crippen LogP contribution is 2.06. The number of amides is 1. The number of nitrogens with zero attached hydrogens (tertiary/aromatic N) is 1. The molecule has 2 N–H and O–H groups in total. The van der Waals surface area contributed by atoms with Crippen LogP contribution in [0, 0.1) is 12.8 Å². The number of carbonyl (C=O) groups is 1. The van der Waals surface area contributed by atoms with Crippen molar-refractivity contribution in [3.05, 3.63) is 17.5 Å². The van der Waals surface area contributed by atoms with Crippen molar-refractivity contribution in [1.82, 2.24) is 15.5 Å². The Morgan fingerprint density at radius 2 is 2.41 bits per heavy atom. The second kappa shape index (κ2) is 7.37. The number of aryl methyl sites for hydroxylation is 2. The van der Waals surface area contributed by atoms with Crippen LogP contribution in [0.3, 0.4) is 0 Å². The normalized spacial score (nSPS) is 12.4. The van der Waals surface area contributed by atoms with E-state index in [-0.39, 0.29) is 11.8 Å². The summed E-state index contributed by atoms with van der Waals surface area (Å²) in [5.41, 5.74) is 2.35. The first-order valence-electron chi connectivity index (χ1n) is 5.90. The molecule has 1 rings (SSSR count). The number of rotatable bonds is 7. The van der Waals surface area contributed by atoms with Crippen LogP contribution in [0.15, 0.2) is 6.20 Å². The summed E-state index contributed by atoms with van der Waals surface area (Å²) in [5, 5.41) is 9.85. The van der Waals surface area contributed by atoms with Crippen molar-refractivity contribution < 1.29 is 4.79 Å². The highest BCUT2D eigenvalue weighted by Gasteiger charge is 2.10. The largest absolute Gasteiger partial charge is 0.356 e. The van der Waals surface area contributed by atoms with Gasteiger partial charge in [0.25, 0.3) is 0 Å². The van der Waals surface area contributed by atoms with Crippen molar-refractivity contribution >= 4 is 17.7 Å². The van der Waals surface area contributed by atoms with Gasteiger partial charge in [-0.3, -0.25) is 9.89 Å². The number of hydrogen-bond acceptors (Lipinski definition) is 3. The molecular formula is C12H21N3OS. The molecule has 17 heavy (non-hydrogen) atoms. The van der Waals surface area contributed by atoms with Gasteiger partial charge in [0.05, 0.1) is 6.20 Å². The highest BCUT2D eigenvalue weighted by atomic mass is 32.2. The number of thioether (sulfide) groups is 1. The van der Waals surface area contributed by atoms with Gasteiger partial charge in [-0.1, -0.05) is 6.92 Å². The maximum Gasteiger partial charge on any atom is 0.223 e. The third-order valence-electron chi connectivity index (χ3n) is 2.72. The van der Waals surface area contributed by atoms with Crippen LogP contribution in [0.25, 0.3) is 0 Å². The van der Waals surface area contributed by atoms with E-state index in [9.17, 15) is 4.79 Å². The Balaban J connectivity index is 2.16. The third-order valence-corrected chi connectivity index (χ3v) is 3.55. The number of carbonyl (C=O) groups excluding carboxylic acids is 1. The molecule has 0 saturated carbocycles. The van der Waals surface area contributed by atoms with Crippen molar-refractivity contribution in [1.29, 1.82) is 0 Å². The molecule has 0 aromatic carbocycles. The van der Waals surface area contributed by atoms with Gasteiger partial charge in [-0.05, 0) is 31.6 Å². The highest BCUT2D eigenvalue weighted by molar-refractivity contribution is 7.98. The molecule has 1 aromatic rings. The van der Waals surface area contributed by atoms with Crippen molar-refractivity contribution in [3.8, 4) is 0 Å². The molecule has 1 aromatic heterocycles. The molecule has 1 unspecified atom stereocenters. The molecule has 0 aliphatic heterocycles. The Hall–Kier alpha value is -0.970. The minimum Gasteiger partial charge on any atom is -0.356 e. The summed E-state index contributed by atoms with van der Waals surface area (Å²) < 4.78 is 0. The lowest BCUT2D eigenvalue weighted by atomic mass is 10.1. The second-order valence-corrected chi connectivity index (χ2v) is 5.18. The zero-order chi connectivity index (χ0) is 12.7. The molecule has 0 radical (unpaired) electrons. The van der Waals surface area contributed by atoms with Gasteiger partial charge in [0.2, 0.25) is 5.91 Å². The van der Waals surface area contributed by atoms with Crippen molar-refractivity contribution in [3.63, 3.8) is 0 Å². The minimum atomic E-state index is 0.0978. The smallest absolute Gasteiger partial charge is 0.223 e. The van der Waals surface area contributed by atoms with Gasteiger partial charge in [0.1, 0.15) is 0 Å². The molecule has 96 valence electrons. The molecule has 0 spiro atoms. The average molecular weight is 255 g/mol. The minimum absolute atomic E-state index is 0.0978. The topological polar surface area (TPSA) is 57.8 Å². The zero-order valence-electron chi connectivity index (χ0n) is 10.7. The Bertz CT molecular complexity index is 351. The number of aromatic amines is 1. The first-order chi connectivity index (χ1) is 8.15. The molecule has 0 saturated heterocycles. The fourth-order valence-electron chi connectivity index (χ4n) is 1.62. The summed E-state index contributed by atoms with van der Waals surface area (Å²) in [6.45, 7) is 4.72. The van der Waals surface area contributed by atoms with Gasteiger partial charge in [-0.15, -0.1) is 0 Å². The van der Waals surface area contributed by atoms with Crippen LogP contribution in [0.4, 0.5) is 0 Å². The monoisotopic (exact) mass is 255 g/mol. The van der Waals surface area contributed by atoms with E-state index < -0.39 is 0 Å². The van der Waals surface area contributed by atoms with Gasteiger partial charge in [0.15, 0.2) is 0 Å². The maximum atomic E-state index is 11.6. The molecular weight excluding hydrogens is 234 g/mol. The summed E-state index contributed by atoms with van der Waals surface area (Å²) in [6.07, 6.45) is 5.79. The fourth-order valence-corrected chi connectivity index (χ4v) is 2.27. The number of nitrogens with one attached hydrogen (secondary N) is 2. The lowest BCUT2D eigenvalue weighted by Crippen LogP contribution is -2.31. The predicted octanol–water partition coefficient (Wildman–Crippen LogP) is 1.77. The number of H-pyrrole nitrogens is 1. The Kier molecular flexibility index (Phi) is 6.11. The lowest BCUT2D eigenvalue weighted by molar-refractivity contribution is -0.123. The van der Waals surface area contributed by atoms with Gasteiger partial charge in [-0.25, -0.2) is 0 Å². The molecule has 1 heterocycles. The molecule has 0 aliphatic rings. The summed E-state index contributed by atoms with van der Waals surface area (Å²) in [6, 6.07) is 0. The molecule has 4 nitrogen and oxygen atoms in total. The summed E-state index contributed by atoms with van der Waals surface area (Å²) >= 11 is 1.70. The van der Waals surface area contributed by atoms with Gasteiger partial charge < -0.3 is 5.32 Å². The Morgan fingerprint density at radius 1 is 1.65 bits per heavy atom. The van der Waals surface area contributed by atoms with Gasteiger partial charge in [0, 0.05) is 23.9 Å². The second-order valence-electron chi connectivity index (χ2n) is 4.27. The standard InChI is InChI=1S/C12H21N3OS/c1-9(8-17-3)12(16)13-6-4-5-11-7-14-15-10(11)2/h7,9H,4-6,8H2,1-3H3,(H,13,16)(H,14,15). The zero-order valence-corrected chi connectivity index (χ0v) is 11.6. The Labute approximate surface area is 107 Å². The summed E-state index contributed by atoms with van der Waals surface area (Å²) in [4.78, 5) is 11.6. The molecule has 1 atom stereocenters. The molecule has 1 amide bonds. The summed E-state index contributed by atoms with van der Waals surface area (Å²) in [5.74, 6) is 1.14. The van der Waals surface area contributed by atoms with Crippen LogP contribution in [-0.2, 0) is 11.2 Å². The van der Waals surface area contributed by atoms with E-state index in [2.05, 4.69) is 15.5 Å². The lowest BCUT2D eigenvalue weighted by Gasteiger charge is -2.10. The molecule has 0 aliphatic carbocycles.